The Morgan fingerprint density at radius 2 is 1.81 bits per heavy atom. The van der Waals surface area contributed by atoms with Crippen LogP contribution in [-0.2, 0) is 24.4 Å². The number of hydrogen-bond acceptors (Lipinski definition) is 4. The quantitative estimate of drug-likeness (QED) is 0.477. The lowest BCUT2D eigenvalue weighted by Crippen LogP contribution is -2.38. The van der Waals surface area contributed by atoms with Crippen LogP contribution in [0.1, 0.15) is 36.1 Å². The summed E-state index contributed by atoms with van der Waals surface area (Å²) in [4.78, 5) is 7.26. The standard InChI is InChI=1S/C25H36N4O2/c1-4-26-25(28-18-22-11-10-20(3)16-24(22)31-5-2)27-17-21-8-6-7-9-23(21)19-29-12-14-30-15-13-29/h6-11,16H,4-5,12-15,17-19H2,1-3H3,(H2,26,27,28). The molecule has 1 aliphatic heterocycles. The van der Waals surface area contributed by atoms with Crippen LogP contribution in [0.4, 0.5) is 0 Å². The first kappa shape index (κ1) is 23.1. The number of aryl methyl sites for hydroxylation is 1. The molecule has 0 aliphatic carbocycles. The van der Waals surface area contributed by atoms with Gasteiger partial charge in [-0.25, -0.2) is 4.99 Å². The van der Waals surface area contributed by atoms with Crippen LogP contribution in [0.3, 0.4) is 0 Å². The molecule has 2 aromatic carbocycles. The van der Waals surface area contributed by atoms with Gasteiger partial charge in [0.2, 0.25) is 0 Å². The molecular formula is C25H36N4O2. The summed E-state index contributed by atoms with van der Waals surface area (Å²) >= 11 is 0. The Morgan fingerprint density at radius 3 is 2.55 bits per heavy atom. The van der Waals surface area contributed by atoms with Crippen molar-refractivity contribution in [3.8, 4) is 5.75 Å². The van der Waals surface area contributed by atoms with E-state index in [0.717, 1.165) is 63.2 Å². The number of rotatable bonds is 9. The lowest BCUT2D eigenvalue weighted by molar-refractivity contribution is 0.0341. The monoisotopic (exact) mass is 424 g/mol. The molecule has 0 atom stereocenters. The number of guanidine groups is 1. The number of morpholine rings is 1. The average molecular weight is 425 g/mol. The van der Waals surface area contributed by atoms with Crippen LogP contribution < -0.4 is 15.4 Å². The lowest BCUT2D eigenvalue weighted by Gasteiger charge is -2.27. The van der Waals surface area contributed by atoms with Crippen LogP contribution in [0.15, 0.2) is 47.5 Å². The summed E-state index contributed by atoms with van der Waals surface area (Å²) in [5.41, 5.74) is 4.94. The maximum Gasteiger partial charge on any atom is 0.191 e. The Hall–Kier alpha value is -2.57. The summed E-state index contributed by atoms with van der Waals surface area (Å²) in [5, 5.41) is 6.86. The van der Waals surface area contributed by atoms with Gasteiger partial charge in [-0.2, -0.15) is 0 Å². The fourth-order valence-corrected chi connectivity index (χ4v) is 3.65. The number of nitrogens with zero attached hydrogens (tertiary/aromatic N) is 2. The van der Waals surface area contributed by atoms with Crippen molar-refractivity contribution in [2.24, 2.45) is 4.99 Å². The van der Waals surface area contributed by atoms with E-state index in [1.165, 1.54) is 16.7 Å². The highest BCUT2D eigenvalue weighted by Crippen LogP contribution is 2.21. The van der Waals surface area contributed by atoms with Gasteiger partial charge in [-0.1, -0.05) is 36.4 Å². The van der Waals surface area contributed by atoms with Gasteiger partial charge in [0, 0.05) is 38.3 Å². The van der Waals surface area contributed by atoms with E-state index in [-0.39, 0.29) is 0 Å². The summed E-state index contributed by atoms with van der Waals surface area (Å²) in [7, 11) is 0. The highest BCUT2D eigenvalue weighted by Gasteiger charge is 2.13. The van der Waals surface area contributed by atoms with Crippen molar-refractivity contribution in [3.63, 3.8) is 0 Å². The highest BCUT2D eigenvalue weighted by molar-refractivity contribution is 5.79. The molecule has 2 aromatic rings. The van der Waals surface area contributed by atoms with Gasteiger partial charge in [-0.05, 0) is 43.5 Å². The van der Waals surface area contributed by atoms with E-state index < -0.39 is 0 Å². The molecule has 1 aliphatic rings. The van der Waals surface area contributed by atoms with Gasteiger partial charge in [0.15, 0.2) is 5.96 Å². The smallest absolute Gasteiger partial charge is 0.191 e. The zero-order chi connectivity index (χ0) is 21.9. The minimum absolute atomic E-state index is 0.570. The third-order valence-electron chi connectivity index (χ3n) is 5.34. The van der Waals surface area contributed by atoms with Gasteiger partial charge in [0.05, 0.1) is 26.4 Å². The molecule has 0 radical (unpaired) electrons. The van der Waals surface area contributed by atoms with E-state index in [9.17, 15) is 0 Å². The number of nitrogens with one attached hydrogen (secondary N) is 2. The summed E-state index contributed by atoms with van der Waals surface area (Å²) in [6.07, 6.45) is 0. The Balaban J connectivity index is 1.66. The van der Waals surface area contributed by atoms with Gasteiger partial charge < -0.3 is 20.1 Å². The molecule has 0 spiro atoms. The molecule has 1 fully saturated rings. The molecular weight excluding hydrogens is 388 g/mol. The summed E-state index contributed by atoms with van der Waals surface area (Å²) < 4.78 is 11.3. The first-order valence-corrected chi connectivity index (χ1v) is 11.3. The van der Waals surface area contributed by atoms with Crippen LogP contribution in [0.2, 0.25) is 0 Å². The number of ether oxygens (including phenoxy) is 2. The van der Waals surface area contributed by atoms with Crippen LogP contribution in [0.25, 0.3) is 0 Å². The first-order chi connectivity index (χ1) is 15.2. The number of aliphatic imine (C=N–C) groups is 1. The summed E-state index contributed by atoms with van der Waals surface area (Å²) in [5.74, 6) is 1.73. The molecule has 1 heterocycles. The SMILES string of the molecule is CCNC(=NCc1ccc(C)cc1OCC)NCc1ccccc1CN1CCOCC1. The molecule has 0 bridgehead atoms. The highest BCUT2D eigenvalue weighted by atomic mass is 16.5. The first-order valence-electron chi connectivity index (χ1n) is 11.3. The molecule has 0 amide bonds. The third-order valence-corrected chi connectivity index (χ3v) is 5.34. The minimum Gasteiger partial charge on any atom is -0.494 e. The van der Waals surface area contributed by atoms with Crippen LogP contribution in [0.5, 0.6) is 5.75 Å². The fraction of sp³-hybridized carbons (Fsp3) is 0.480. The van der Waals surface area contributed by atoms with Crippen LogP contribution in [-0.4, -0.2) is 50.3 Å². The lowest BCUT2D eigenvalue weighted by atomic mass is 10.1. The molecule has 3 rings (SSSR count). The van der Waals surface area contributed by atoms with E-state index in [4.69, 9.17) is 14.5 Å². The van der Waals surface area contributed by atoms with Gasteiger partial charge in [-0.3, -0.25) is 4.90 Å². The van der Waals surface area contributed by atoms with E-state index >= 15 is 0 Å². The van der Waals surface area contributed by atoms with Crippen molar-refractivity contribution >= 4 is 5.96 Å². The maximum absolute atomic E-state index is 5.80. The zero-order valence-corrected chi connectivity index (χ0v) is 19.1. The van der Waals surface area contributed by atoms with Crippen LogP contribution >= 0.6 is 0 Å². The topological polar surface area (TPSA) is 58.1 Å². The predicted molar refractivity (Wildman–Crippen MR) is 127 cm³/mol. The molecule has 6 heteroatoms. The summed E-state index contributed by atoms with van der Waals surface area (Å²) in [6, 6.07) is 14.9. The van der Waals surface area contributed by atoms with Crippen molar-refractivity contribution in [3.05, 3.63) is 64.7 Å². The van der Waals surface area contributed by atoms with Crippen molar-refractivity contribution in [2.75, 3.05) is 39.5 Å². The normalized spacial score (nSPS) is 15.0. The van der Waals surface area contributed by atoms with Crippen LogP contribution in [0, 0.1) is 6.92 Å². The summed E-state index contributed by atoms with van der Waals surface area (Å²) in [6.45, 7) is 13.5. The maximum atomic E-state index is 5.80. The molecule has 0 aromatic heterocycles. The van der Waals surface area contributed by atoms with E-state index in [2.05, 4.69) is 71.8 Å². The molecule has 2 N–H and O–H groups in total. The van der Waals surface area contributed by atoms with Gasteiger partial charge in [-0.15, -0.1) is 0 Å². The number of benzene rings is 2. The third kappa shape index (κ3) is 7.26. The largest absolute Gasteiger partial charge is 0.494 e. The van der Waals surface area contributed by atoms with Crippen molar-refractivity contribution in [2.45, 2.75) is 40.4 Å². The minimum atomic E-state index is 0.570. The predicted octanol–water partition coefficient (Wildman–Crippen LogP) is 3.48. The average Bonchev–Trinajstić information content (AvgIpc) is 2.78. The van der Waals surface area contributed by atoms with Gasteiger partial charge in [0.1, 0.15) is 5.75 Å². The zero-order valence-electron chi connectivity index (χ0n) is 19.1. The van der Waals surface area contributed by atoms with Gasteiger partial charge in [0.25, 0.3) is 0 Å². The Kier molecular flexibility index (Phi) is 9.18. The molecule has 168 valence electrons. The van der Waals surface area contributed by atoms with E-state index in [1.54, 1.807) is 0 Å². The second-order valence-corrected chi connectivity index (χ2v) is 7.75. The molecule has 6 nitrogen and oxygen atoms in total. The molecule has 0 unspecified atom stereocenters. The van der Waals surface area contributed by atoms with E-state index in [0.29, 0.717) is 13.2 Å². The second-order valence-electron chi connectivity index (χ2n) is 7.75. The molecule has 1 saturated heterocycles. The number of hydrogen-bond donors (Lipinski definition) is 2. The van der Waals surface area contributed by atoms with Gasteiger partial charge >= 0.3 is 0 Å². The molecule has 0 saturated carbocycles. The van der Waals surface area contributed by atoms with Crippen molar-refractivity contribution < 1.29 is 9.47 Å². The van der Waals surface area contributed by atoms with Crippen molar-refractivity contribution in [1.29, 1.82) is 0 Å². The Morgan fingerprint density at radius 1 is 1.03 bits per heavy atom. The van der Waals surface area contributed by atoms with E-state index in [1.807, 2.05) is 6.92 Å². The Labute approximate surface area is 186 Å². The molecule has 31 heavy (non-hydrogen) atoms. The second kappa shape index (κ2) is 12.3. The fourth-order valence-electron chi connectivity index (χ4n) is 3.65. The Bertz CT molecular complexity index is 847. The van der Waals surface area contributed by atoms with Crippen molar-refractivity contribution in [1.82, 2.24) is 15.5 Å².